The topological polar surface area (TPSA) is 87.5 Å². The van der Waals surface area contributed by atoms with Crippen molar-refractivity contribution in [2.24, 2.45) is 5.73 Å². The van der Waals surface area contributed by atoms with E-state index in [1.54, 1.807) is 0 Å². The summed E-state index contributed by atoms with van der Waals surface area (Å²) < 4.78 is 0. The van der Waals surface area contributed by atoms with Crippen molar-refractivity contribution in [3.05, 3.63) is 35.4 Å². The van der Waals surface area contributed by atoms with Crippen molar-refractivity contribution in [2.45, 2.75) is 50.7 Å². The number of hydrogen-bond donors (Lipinski definition) is 3. The van der Waals surface area contributed by atoms with E-state index in [-0.39, 0.29) is 30.8 Å². The van der Waals surface area contributed by atoms with E-state index < -0.39 is 6.03 Å². The predicted molar refractivity (Wildman–Crippen MR) is 99.6 cm³/mol. The summed E-state index contributed by atoms with van der Waals surface area (Å²) >= 11 is 0. The van der Waals surface area contributed by atoms with Crippen LogP contribution in [0.15, 0.2) is 24.3 Å². The van der Waals surface area contributed by atoms with Gasteiger partial charge in [-0.15, -0.1) is 12.4 Å². The lowest BCUT2D eigenvalue weighted by Gasteiger charge is -2.27. The number of carbonyl (C=O) groups excluding carboxylic acids is 2. The molecule has 2 saturated heterocycles. The molecule has 3 atom stereocenters. The monoisotopic (exact) mass is 366 g/mol. The van der Waals surface area contributed by atoms with E-state index in [1.165, 1.54) is 6.42 Å². The molecule has 4 N–H and O–H groups in total. The first-order chi connectivity index (χ1) is 11.5. The number of halogens is 1. The number of amides is 3. The maximum Gasteiger partial charge on any atom is 0.312 e. The van der Waals surface area contributed by atoms with Gasteiger partial charge in [0.2, 0.25) is 5.91 Å². The van der Waals surface area contributed by atoms with Gasteiger partial charge in [-0.05, 0) is 37.3 Å². The number of fused-ring (bicyclic) bond motifs is 2. The fraction of sp³-hybridized carbons (Fsp3) is 0.556. The zero-order valence-electron chi connectivity index (χ0n) is 14.5. The van der Waals surface area contributed by atoms with Crippen LogP contribution in [-0.4, -0.2) is 42.0 Å². The molecular weight excluding hydrogens is 340 g/mol. The van der Waals surface area contributed by atoms with Gasteiger partial charge in [-0.25, -0.2) is 4.79 Å². The lowest BCUT2D eigenvalue weighted by Crippen LogP contribution is -2.42. The molecule has 2 aliphatic rings. The highest BCUT2D eigenvalue weighted by atomic mass is 35.5. The third kappa shape index (κ3) is 4.86. The smallest absolute Gasteiger partial charge is 0.312 e. The van der Waals surface area contributed by atoms with Crippen LogP contribution >= 0.6 is 12.4 Å². The van der Waals surface area contributed by atoms with Crippen LogP contribution < -0.4 is 16.4 Å². The maximum absolute atomic E-state index is 12.8. The zero-order valence-corrected chi connectivity index (χ0v) is 15.3. The molecule has 2 aliphatic heterocycles. The molecule has 1 aromatic carbocycles. The van der Waals surface area contributed by atoms with E-state index in [9.17, 15) is 9.59 Å². The van der Waals surface area contributed by atoms with Gasteiger partial charge < -0.3 is 21.3 Å². The Morgan fingerprint density at radius 2 is 2.00 bits per heavy atom. The van der Waals surface area contributed by atoms with E-state index in [0.717, 1.165) is 37.1 Å². The second-order valence-electron chi connectivity index (χ2n) is 6.89. The third-order valence-corrected chi connectivity index (χ3v) is 5.14. The summed E-state index contributed by atoms with van der Waals surface area (Å²) in [5.74, 6) is 0.0753. The number of urea groups is 1. The van der Waals surface area contributed by atoms with Crippen LogP contribution in [0.3, 0.4) is 0 Å². The Balaban J connectivity index is 0.00000225. The molecule has 0 radical (unpaired) electrons. The highest BCUT2D eigenvalue weighted by molar-refractivity contribution is 5.85. The molecule has 1 aromatic rings. The van der Waals surface area contributed by atoms with Crippen LogP contribution in [0.2, 0.25) is 0 Å². The van der Waals surface area contributed by atoms with Crippen LogP contribution in [0.4, 0.5) is 4.79 Å². The molecule has 3 rings (SSSR count). The first kappa shape index (κ1) is 19.5. The van der Waals surface area contributed by atoms with Crippen LogP contribution in [0, 0.1) is 6.92 Å². The van der Waals surface area contributed by atoms with Crippen LogP contribution in [0.25, 0.3) is 0 Å². The van der Waals surface area contributed by atoms with Gasteiger partial charge in [0, 0.05) is 25.2 Å². The standard InChI is InChI=1S/C18H26N4O2.ClH/c1-12-4-2-3-5-15(12)16(21-18(19)24)10-17(23)22-9-8-13-6-7-14(11-22)20-13;/h2-5,13-14,16,20H,6-11H2,1H3,(H3,19,21,24);1H. The molecular formula is C18H27ClN4O2. The molecule has 7 heteroatoms. The second-order valence-corrected chi connectivity index (χ2v) is 6.89. The Morgan fingerprint density at radius 3 is 2.72 bits per heavy atom. The molecule has 2 bridgehead atoms. The number of rotatable bonds is 4. The number of hydrogen-bond acceptors (Lipinski definition) is 3. The quantitative estimate of drug-likeness (QED) is 0.760. The number of nitrogens with zero attached hydrogens (tertiary/aromatic N) is 1. The average Bonchev–Trinajstić information content (AvgIpc) is 2.85. The minimum Gasteiger partial charge on any atom is -0.352 e. The van der Waals surface area contributed by atoms with Gasteiger partial charge in [0.15, 0.2) is 0 Å². The van der Waals surface area contributed by atoms with E-state index in [0.29, 0.717) is 12.1 Å². The largest absolute Gasteiger partial charge is 0.352 e. The van der Waals surface area contributed by atoms with Gasteiger partial charge in [0.25, 0.3) is 0 Å². The number of nitrogens with one attached hydrogen (secondary N) is 2. The summed E-state index contributed by atoms with van der Waals surface area (Å²) in [6, 6.07) is 7.74. The maximum atomic E-state index is 12.8. The molecule has 2 fully saturated rings. The Labute approximate surface area is 154 Å². The minimum absolute atomic E-state index is 0. The van der Waals surface area contributed by atoms with Crippen molar-refractivity contribution in [3.63, 3.8) is 0 Å². The van der Waals surface area contributed by atoms with Crippen molar-refractivity contribution >= 4 is 24.3 Å². The number of nitrogens with two attached hydrogens (primary N) is 1. The zero-order chi connectivity index (χ0) is 17.1. The summed E-state index contributed by atoms with van der Waals surface area (Å²) in [6.45, 7) is 3.51. The summed E-state index contributed by atoms with van der Waals surface area (Å²) in [5.41, 5.74) is 7.31. The van der Waals surface area contributed by atoms with Gasteiger partial charge in [0.05, 0.1) is 12.5 Å². The van der Waals surface area contributed by atoms with Gasteiger partial charge in [-0.1, -0.05) is 24.3 Å². The SMILES string of the molecule is Cc1ccccc1C(CC(=O)N1CCC2CCC(C1)N2)NC(N)=O.Cl. The fourth-order valence-electron chi connectivity index (χ4n) is 3.86. The number of benzene rings is 1. The lowest BCUT2D eigenvalue weighted by molar-refractivity contribution is -0.132. The van der Waals surface area contributed by atoms with Gasteiger partial charge in [-0.3, -0.25) is 4.79 Å². The van der Waals surface area contributed by atoms with Crippen molar-refractivity contribution in [1.29, 1.82) is 0 Å². The predicted octanol–water partition coefficient (Wildman–Crippen LogP) is 1.87. The van der Waals surface area contributed by atoms with E-state index >= 15 is 0 Å². The van der Waals surface area contributed by atoms with Gasteiger partial charge >= 0.3 is 6.03 Å². The number of carbonyl (C=O) groups is 2. The highest BCUT2D eigenvalue weighted by Gasteiger charge is 2.32. The molecule has 3 unspecified atom stereocenters. The number of aryl methyl sites for hydroxylation is 1. The summed E-state index contributed by atoms with van der Waals surface area (Å²) in [6.07, 6.45) is 3.59. The number of primary amides is 1. The first-order valence-corrected chi connectivity index (χ1v) is 8.68. The molecule has 0 aromatic heterocycles. The minimum atomic E-state index is -0.604. The third-order valence-electron chi connectivity index (χ3n) is 5.14. The van der Waals surface area contributed by atoms with Crippen LogP contribution in [0.1, 0.15) is 42.9 Å². The highest BCUT2D eigenvalue weighted by Crippen LogP contribution is 2.24. The average molecular weight is 367 g/mol. The fourth-order valence-corrected chi connectivity index (χ4v) is 3.86. The molecule has 6 nitrogen and oxygen atoms in total. The Bertz CT molecular complexity index is 625. The summed E-state index contributed by atoms with van der Waals surface area (Å²) in [4.78, 5) is 26.1. The van der Waals surface area contributed by atoms with E-state index in [4.69, 9.17) is 5.73 Å². The van der Waals surface area contributed by atoms with Crippen molar-refractivity contribution in [2.75, 3.05) is 13.1 Å². The molecule has 0 spiro atoms. The first-order valence-electron chi connectivity index (χ1n) is 8.68. The Hall–Kier alpha value is -1.79. The lowest BCUT2D eigenvalue weighted by atomic mass is 9.98. The van der Waals surface area contributed by atoms with E-state index in [2.05, 4.69) is 10.6 Å². The molecule has 0 aliphatic carbocycles. The molecule has 2 heterocycles. The Kier molecular flexibility index (Phi) is 6.67. The van der Waals surface area contributed by atoms with Crippen molar-refractivity contribution in [3.8, 4) is 0 Å². The normalized spacial score (nSPS) is 23.3. The van der Waals surface area contributed by atoms with Crippen LogP contribution in [-0.2, 0) is 4.79 Å². The van der Waals surface area contributed by atoms with Gasteiger partial charge in [0.1, 0.15) is 0 Å². The molecule has 25 heavy (non-hydrogen) atoms. The van der Waals surface area contributed by atoms with Gasteiger partial charge in [-0.2, -0.15) is 0 Å². The Morgan fingerprint density at radius 1 is 1.28 bits per heavy atom. The molecule has 0 saturated carbocycles. The second kappa shape index (κ2) is 8.54. The molecule has 3 amide bonds. The summed E-state index contributed by atoms with van der Waals surface area (Å²) in [5, 5.41) is 6.31. The molecule has 138 valence electrons. The van der Waals surface area contributed by atoms with E-state index in [1.807, 2.05) is 36.1 Å². The summed E-state index contributed by atoms with van der Waals surface area (Å²) in [7, 11) is 0. The van der Waals surface area contributed by atoms with Crippen molar-refractivity contribution < 1.29 is 9.59 Å². The van der Waals surface area contributed by atoms with Crippen molar-refractivity contribution in [1.82, 2.24) is 15.5 Å². The number of likely N-dealkylation sites (tertiary alicyclic amines) is 1. The van der Waals surface area contributed by atoms with Crippen LogP contribution in [0.5, 0.6) is 0 Å².